The highest BCUT2D eigenvalue weighted by Crippen LogP contribution is 2.63. The van der Waals surface area contributed by atoms with Gasteiger partial charge in [-0.05, 0) is 137 Å². The zero-order valence-corrected chi connectivity index (χ0v) is 36.7. The standard InChI is InChI=1S/C67H42/c1-4-22-43(23-5-1)46-40-41-58(48-29-11-10-28-47(46)48)62-54-35-17-19-37-56(54)63(57-38-20-18-36-55(57)62)60-42-61-64(52-33-15-13-32-51(52)60)65-53-34-16-12-30-49(53)50-31-14-21-39-59(50)66(65)67(61,44-24-6-2-7-25-44)45-26-8-3-9-27-45/h1-42H. The normalized spacial score (nSPS) is 12.9. The van der Waals surface area contributed by atoms with Crippen LogP contribution in [0.5, 0.6) is 0 Å². The van der Waals surface area contributed by atoms with Gasteiger partial charge in [-0.25, -0.2) is 0 Å². The van der Waals surface area contributed by atoms with Crippen molar-refractivity contribution < 1.29 is 0 Å². The lowest BCUT2D eigenvalue weighted by atomic mass is 9.66. The van der Waals surface area contributed by atoms with Crippen LogP contribution in [0, 0.1) is 0 Å². The first-order valence-corrected chi connectivity index (χ1v) is 23.4. The summed E-state index contributed by atoms with van der Waals surface area (Å²) in [5.41, 5.74) is 14.7. The van der Waals surface area contributed by atoms with Crippen molar-refractivity contribution in [1.29, 1.82) is 0 Å². The van der Waals surface area contributed by atoms with E-state index in [1.807, 2.05) is 0 Å². The fourth-order valence-corrected chi connectivity index (χ4v) is 12.3. The average Bonchev–Trinajstić information content (AvgIpc) is 3.73. The molecule has 0 heterocycles. The van der Waals surface area contributed by atoms with Crippen LogP contribution in [0.3, 0.4) is 0 Å². The van der Waals surface area contributed by atoms with Gasteiger partial charge in [0, 0.05) is 0 Å². The summed E-state index contributed by atoms with van der Waals surface area (Å²) in [6, 6.07) is 95.4. The van der Waals surface area contributed by atoms with E-state index in [-0.39, 0.29) is 0 Å². The van der Waals surface area contributed by atoms with Gasteiger partial charge in [-0.15, -0.1) is 0 Å². The number of hydrogen-bond acceptors (Lipinski definition) is 0. The lowest BCUT2D eigenvalue weighted by molar-refractivity contribution is 0.777. The summed E-state index contributed by atoms with van der Waals surface area (Å²) >= 11 is 0. The highest BCUT2D eigenvalue weighted by molar-refractivity contribution is 6.28. The Balaban J connectivity index is 1.16. The molecule has 13 aromatic carbocycles. The van der Waals surface area contributed by atoms with Crippen molar-refractivity contribution >= 4 is 64.6 Å². The topological polar surface area (TPSA) is 0 Å². The van der Waals surface area contributed by atoms with E-state index in [0.29, 0.717) is 0 Å². The summed E-state index contributed by atoms with van der Waals surface area (Å²) in [6.07, 6.45) is 0. The molecule has 14 rings (SSSR count). The highest BCUT2D eigenvalue weighted by Gasteiger charge is 2.49. The molecule has 0 heteroatoms. The molecule has 0 aromatic heterocycles. The van der Waals surface area contributed by atoms with E-state index in [4.69, 9.17) is 0 Å². The Morgan fingerprint density at radius 3 is 1.04 bits per heavy atom. The molecule has 0 N–H and O–H groups in total. The van der Waals surface area contributed by atoms with E-state index in [2.05, 4.69) is 255 Å². The first-order valence-electron chi connectivity index (χ1n) is 23.4. The molecule has 1 aliphatic carbocycles. The molecule has 310 valence electrons. The Kier molecular flexibility index (Phi) is 8.30. The van der Waals surface area contributed by atoms with E-state index in [1.165, 1.54) is 131 Å². The van der Waals surface area contributed by atoms with Crippen LogP contribution in [0.1, 0.15) is 22.3 Å². The Labute approximate surface area is 389 Å². The van der Waals surface area contributed by atoms with Gasteiger partial charge in [-0.3, -0.25) is 0 Å². The maximum atomic E-state index is 2.61. The number of rotatable bonds is 5. The zero-order valence-electron chi connectivity index (χ0n) is 36.7. The molecule has 0 saturated heterocycles. The quantitative estimate of drug-likeness (QED) is 0.120. The van der Waals surface area contributed by atoms with Gasteiger partial charge in [0.2, 0.25) is 0 Å². The second-order valence-corrected chi connectivity index (χ2v) is 18.1. The van der Waals surface area contributed by atoms with Gasteiger partial charge in [0.25, 0.3) is 0 Å². The third-order valence-corrected chi connectivity index (χ3v) is 14.9. The molecule has 13 aromatic rings. The van der Waals surface area contributed by atoms with Crippen molar-refractivity contribution in [3.63, 3.8) is 0 Å². The minimum absolute atomic E-state index is 0.638. The van der Waals surface area contributed by atoms with Crippen molar-refractivity contribution in [2.75, 3.05) is 0 Å². The van der Waals surface area contributed by atoms with Gasteiger partial charge in [0.15, 0.2) is 0 Å². The Bertz CT molecular complexity index is 4030. The smallest absolute Gasteiger partial charge is 0.0622 e. The van der Waals surface area contributed by atoms with Crippen LogP contribution in [0.4, 0.5) is 0 Å². The molecule has 0 atom stereocenters. The predicted octanol–water partition coefficient (Wildman–Crippen LogP) is 18.0. The molecule has 0 spiro atoms. The van der Waals surface area contributed by atoms with Crippen molar-refractivity contribution in [3.8, 4) is 44.5 Å². The number of fused-ring (bicyclic) bond motifs is 13. The summed E-state index contributed by atoms with van der Waals surface area (Å²) in [6.45, 7) is 0. The zero-order chi connectivity index (χ0) is 44.1. The van der Waals surface area contributed by atoms with Crippen LogP contribution in [-0.2, 0) is 5.41 Å². The number of hydrogen-bond donors (Lipinski definition) is 0. The Morgan fingerprint density at radius 2 is 0.537 bits per heavy atom. The molecular weight excluding hydrogens is 805 g/mol. The average molecular weight is 847 g/mol. The van der Waals surface area contributed by atoms with E-state index in [1.54, 1.807) is 0 Å². The first-order chi connectivity index (χ1) is 33.3. The lowest BCUT2D eigenvalue weighted by Gasteiger charge is -2.35. The molecule has 0 fully saturated rings. The van der Waals surface area contributed by atoms with Crippen LogP contribution in [0.25, 0.3) is 109 Å². The minimum atomic E-state index is -0.638. The molecule has 0 amide bonds. The van der Waals surface area contributed by atoms with Gasteiger partial charge in [0.1, 0.15) is 0 Å². The van der Waals surface area contributed by atoms with Crippen molar-refractivity contribution in [1.82, 2.24) is 0 Å². The number of benzene rings is 13. The van der Waals surface area contributed by atoms with Crippen LogP contribution in [0.2, 0.25) is 0 Å². The molecule has 0 bridgehead atoms. The van der Waals surface area contributed by atoms with Crippen LogP contribution in [0.15, 0.2) is 255 Å². The summed E-state index contributed by atoms with van der Waals surface area (Å²) < 4.78 is 0. The molecule has 0 nitrogen and oxygen atoms in total. The van der Waals surface area contributed by atoms with E-state index >= 15 is 0 Å². The third kappa shape index (κ3) is 5.30. The van der Waals surface area contributed by atoms with Crippen LogP contribution >= 0.6 is 0 Å². The predicted molar refractivity (Wildman–Crippen MR) is 285 cm³/mol. The third-order valence-electron chi connectivity index (χ3n) is 14.9. The van der Waals surface area contributed by atoms with Crippen molar-refractivity contribution in [3.05, 3.63) is 277 Å². The van der Waals surface area contributed by atoms with Crippen molar-refractivity contribution in [2.45, 2.75) is 5.41 Å². The second kappa shape index (κ2) is 14.7. The molecule has 67 heavy (non-hydrogen) atoms. The molecule has 0 aliphatic heterocycles. The monoisotopic (exact) mass is 846 g/mol. The maximum Gasteiger partial charge on any atom is 0.0720 e. The summed E-state index contributed by atoms with van der Waals surface area (Å²) in [5.74, 6) is 0. The fraction of sp³-hybridized carbons (Fsp3) is 0.0149. The molecule has 0 saturated carbocycles. The van der Waals surface area contributed by atoms with Gasteiger partial charge in [-0.2, -0.15) is 0 Å². The highest BCUT2D eigenvalue weighted by atomic mass is 14.5. The van der Waals surface area contributed by atoms with Gasteiger partial charge >= 0.3 is 0 Å². The largest absolute Gasteiger partial charge is 0.0720 e. The summed E-state index contributed by atoms with van der Waals surface area (Å²) in [4.78, 5) is 0. The Hall–Kier alpha value is -8.58. The molecular formula is C67H42. The Morgan fingerprint density at radius 1 is 0.209 bits per heavy atom. The lowest BCUT2D eigenvalue weighted by Crippen LogP contribution is -2.29. The molecule has 1 aliphatic rings. The molecule has 0 radical (unpaired) electrons. The fourth-order valence-electron chi connectivity index (χ4n) is 12.3. The van der Waals surface area contributed by atoms with E-state index in [0.717, 1.165) is 0 Å². The minimum Gasteiger partial charge on any atom is -0.0622 e. The summed E-state index contributed by atoms with van der Waals surface area (Å²) in [5, 5.41) is 15.1. The first kappa shape index (κ1) is 37.8. The van der Waals surface area contributed by atoms with Crippen LogP contribution in [-0.4, -0.2) is 0 Å². The summed E-state index contributed by atoms with van der Waals surface area (Å²) in [7, 11) is 0. The SMILES string of the molecule is c1ccc(-c2ccc(-c3c4ccccc4c(-c4cc5c(c6ccccc46)-c4c(c6ccccc6c6ccccc46)C5(c4ccccc4)c4ccccc4)c4ccccc34)c3ccccc23)cc1. The van der Waals surface area contributed by atoms with E-state index in [9.17, 15) is 0 Å². The van der Waals surface area contributed by atoms with Gasteiger partial charge < -0.3 is 0 Å². The maximum absolute atomic E-state index is 2.61. The second-order valence-electron chi connectivity index (χ2n) is 18.1. The van der Waals surface area contributed by atoms with Crippen LogP contribution < -0.4 is 0 Å². The van der Waals surface area contributed by atoms with Gasteiger partial charge in [-0.1, -0.05) is 249 Å². The van der Waals surface area contributed by atoms with Crippen molar-refractivity contribution in [2.24, 2.45) is 0 Å². The van der Waals surface area contributed by atoms with Gasteiger partial charge in [0.05, 0.1) is 5.41 Å². The molecule has 0 unspecified atom stereocenters. The van der Waals surface area contributed by atoms with E-state index < -0.39 is 5.41 Å².